The molecule has 3 nitrogen and oxygen atoms in total. The molecule has 1 rings (SSSR count). The maximum atomic E-state index is 12.9. The van der Waals surface area contributed by atoms with Gasteiger partial charge in [0, 0.05) is 24.3 Å². The second-order valence-corrected chi connectivity index (χ2v) is 4.82. The molecule has 0 spiro atoms. The van der Waals surface area contributed by atoms with Crippen molar-refractivity contribution in [3.8, 4) is 0 Å². The predicted molar refractivity (Wildman–Crippen MR) is 68.8 cm³/mol. The second-order valence-electron chi connectivity index (χ2n) is 3.90. The minimum absolute atomic E-state index is 0.0400. The monoisotopic (exact) mass is 325 g/mol. The van der Waals surface area contributed by atoms with E-state index < -0.39 is 11.7 Å². The Morgan fingerprint density at radius 2 is 2.11 bits per heavy atom. The normalized spacial score (nSPS) is 11.7. The van der Waals surface area contributed by atoms with Crippen LogP contribution in [0, 0.1) is 0 Å². The molecule has 0 unspecified atom stereocenters. The topological polar surface area (TPSA) is 28.2 Å². The van der Waals surface area contributed by atoms with Crippen LogP contribution in [-0.4, -0.2) is 32.2 Å². The van der Waals surface area contributed by atoms with E-state index in [4.69, 9.17) is 0 Å². The minimum Gasteiger partial charge on any atom is -0.359 e. The number of alkyl halides is 3. The molecule has 0 amide bonds. The van der Waals surface area contributed by atoms with E-state index in [0.717, 1.165) is 19.0 Å². The van der Waals surface area contributed by atoms with Crippen molar-refractivity contribution in [1.82, 2.24) is 10.3 Å². The minimum atomic E-state index is -4.40. The highest BCUT2D eigenvalue weighted by atomic mass is 79.9. The zero-order chi connectivity index (χ0) is 13.8. The van der Waals surface area contributed by atoms with Crippen LogP contribution in [0.4, 0.5) is 19.0 Å². The van der Waals surface area contributed by atoms with Gasteiger partial charge in [-0.15, -0.1) is 0 Å². The van der Waals surface area contributed by atoms with E-state index in [1.807, 2.05) is 0 Å². The average Bonchev–Trinajstić information content (AvgIpc) is 2.28. The first-order chi connectivity index (χ1) is 8.36. The summed E-state index contributed by atoms with van der Waals surface area (Å²) in [6.07, 6.45) is -2.27. The highest BCUT2D eigenvalue weighted by Gasteiger charge is 2.35. The zero-order valence-electron chi connectivity index (χ0n) is 10.2. The van der Waals surface area contributed by atoms with Crippen molar-refractivity contribution in [2.24, 2.45) is 0 Å². The van der Waals surface area contributed by atoms with E-state index >= 15 is 0 Å². The predicted octanol–water partition coefficient (Wildman–Crippen LogP) is 2.91. The summed E-state index contributed by atoms with van der Waals surface area (Å²) in [6, 6.07) is 1.05. The van der Waals surface area contributed by atoms with Crippen LogP contribution < -0.4 is 10.2 Å². The molecule has 0 saturated heterocycles. The van der Waals surface area contributed by atoms with Gasteiger partial charge in [-0.25, -0.2) is 4.98 Å². The van der Waals surface area contributed by atoms with Crippen LogP contribution in [-0.2, 0) is 6.18 Å². The molecule has 102 valence electrons. The van der Waals surface area contributed by atoms with Gasteiger partial charge in [0.25, 0.3) is 0 Å². The van der Waals surface area contributed by atoms with E-state index in [1.165, 1.54) is 11.1 Å². The van der Waals surface area contributed by atoms with Crippen LogP contribution in [0.5, 0.6) is 0 Å². The molecule has 0 aromatic carbocycles. The van der Waals surface area contributed by atoms with Gasteiger partial charge in [-0.2, -0.15) is 13.2 Å². The molecule has 0 atom stereocenters. The van der Waals surface area contributed by atoms with Crippen molar-refractivity contribution in [3.05, 3.63) is 22.3 Å². The Morgan fingerprint density at radius 3 is 2.67 bits per heavy atom. The highest BCUT2D eigenvalue weighted by molar-refractivity contribution is 9.10. The SMILES string of the molecule is CNCCCN(C)c1ncc(Br)cc1C(F)(F)F. The highest BCUT2D eigenvalue weighted by Crippen LogP contribution is 2.36. The fraction of sp³-hybridized carbons (Fsp3) is 0.545. The molecule has 0 aliphatic carbocycles. The summed E-state index contributed by atoms with van der Waals surface area (Å²) in [7, 11) is 3.42. The van der Waals surface area contributed by atoms with Crippen LogP contribution in [0.2, 0.25) is 0 Å². The molecule has 1 aromatic heterocycles. The van der Waals surface area contributed by atoms with E-state index in [1.54, 1.807) is 14.1 Å². The second kappa shape index (κ2) is 6.38. The quantitative estimate of drug-likeness (QED) is 0.844. The number of hydrogen-bond donors (Lipinski definition) is 1. The standard InChI is InChI=1S/C11H15BrF3N3/c1-16-4-3-5-18(2)10-9(11(13,14)15)6-8(12)7-17-10/h6-7,16H,3-5H2,1-2H3. The Kier molecular flexibility index (Phi) is 5.40. The zero-order valence-corrected chi connectivity index (χ0v) is 11.8. The van der Waals surface area contributed by atoms with Gasteiger partial charge in [0.15, 0.2) is 0 Å². The Balaban J connectivity index is 2.93. The summed E-state index contributed by atoms with van der Waals surface area (Å²) in [5, 5.41) is 2.95. The van der Waals surface area contributed by atoms with Gasteiger partial charge in [-0.1, -0.05) is 0 Å². The fourth-order valence-corrected chi connectivity index (χ4v) is 1.88. The third kappa shape index (κ3) is 4.13. The lowest BCUT2D eigenvalue weighted by atomic mass is 10.2. The average molecular weight is 326 g/mol. The molecule has 1 N–H and O–H groups in total. The first-order valence-electron chi connectivity index (χ1n) is 5.44. The lowest BCUT2D eigenvalue weighted by Gasteiger charge is -2.22. The number of halogens is 4. The summed E-state index contributed by atoms with van der Waals surface area (Å²) in [4.78, 5) is 5.38. The first-order valence-corrected chi connectivity index (χ1v) is 6.24. The molecule has 1 aromatic rings. The molecular formula is C11H15BrF3N3. The van der Waals surface area contributed by atoms with Crippen LogP contribution in [0.25, 0.3) is 0 Å². The molecule has 0 aliphatic heterocycles. The number of hydrogen-bond acceptors (Lipinski definition) is 3. The van der Waals surface area contributed by atoms with E-state index in [2.05, 4.69) is 26.2 Å². The maximum absolute atomic E-state index is 12.9. The molecule has 0 aliphatic rings. The third-order valence-electron chi connectivity index (χ3n) is 2.42. The first kappa shape index (κ1) is 15.2. The van der Waals surface area contributed by atoms with Crippen LogP contribution in [0.15, 0.2) is 16.7 Å². The van der Waals surface area contributed by atoms with Crippen LogP contribution in [0.1, 0.15) is 12.0 Å². The lowest BCUT2D eigenvalue weighted by Crippen LogP contribution is -2.26. The van der Waals surface area contributed by atoms with Gasteiger partial charge in [0.2, 0.25) is 0 Å². The van der Waals surface area contributed by atoms with Gasteiger partial charge >= 0.3 is 6.18 Å². The number of anilines is 1. The molecule has 0 radical (unpaired) electrons. The van der Waals surface area contributed by atoms with E-state index in [9.17, 15) is 13.2 Å². The van der Waals surface area contributed by atoms with Crippen molar-refractivity contribution in [2.75, 3.05) is 32.1 Å². The van der Waals surface area contributed by atoms with Gasteiger partial charge in [-0.3, -0.25) is 0 Å². The molecule has 0 fully saturated rings. The van der Waals surface area contributed by atoms with E-state index in [-0.39, 0.29) is 5.82 Å². The smallest absolute Gasteiger partial charge is 0.359 e. The number of nitrogens with zero attached hydrogens (tertiary/aromatic N) is 2. The summed E-state index contributed by atoms with van der Waals surface area (Å²) in [5.41, 5.74) is -0.719. The Hall–Kier alpha value is -0.820. The lowest BCUT2D eigenvalue weighted by molar-refractivity contribution is -0.137. The number of nitrogens with one attached hydrogen (secondary N) is 1. The van der Waals surface area contributed by atoms with Crippen LogP contribution >= 0.6 is 15.9 Å². The Morgan fingerprint density at radius 1 is 1.44 bits per heavy atom. The molecule has 18 heavy (non-hydrogen) atoms. The summed E-state index contributed by atoms with van der Waals surface area (Å²) < 4.78 is 39.0. The van der Waals surface area contributed by atoms with Gasteiger partial charge < -0.3 is 10.2 Å². The van der Waals surface area contributed by atoms with Crippen molar-refractivity contribution in [1.29, 1.82) is 0 Å². The molecule has 0 bridgehead atoms. The van der Waals surface area contributed by atoms with Crippen molar-refractivity contribution in [3.63, 3.8) is 0 Å². The van der Waals surface area contributed by atoms with E-state index in [0.29, 0.717) is 11.0 Å². The van der Waals surface area contributed by atoms with Gasteiger partial charge in [0.1, 0.15) is 5.82 Å². The molecule has 0 saturated carbocycles. The Labute approximate surface area is 113 Å². The number of pyridine rings is 1. The van der Waals surface area contributed by atoms with Gasteiger partial charge in [0.05, 0.1) is 5.56 Å². The summed E-state index contributed by atoms with van der Waals surface area (Å²) >= 11 is 3.01. The molecule has 1 heterocycles. The summed E-state index contributed by atoms with van der Waals surface area (Å²) in [6.45, 7) is 1.26. The van der Waals surface area contributed by atoms with Crippen molar-refractivity contribution >= 4 is 21.7 Å². The molecule has 7 heteroatoms. The third-order valence-corrected chi connectivity index (χ3v) is 2.85. The van der Waals surface area contributed by atoms with Crippen LogP contribution in [0.3, 0.4) is 0 Å². The summed E-state index contributed by atoms with van der Waals surface area (Å²) in [5.74, 6) is -0.0400. The number of rotatable bonds is 5. The number of aromatic nitrogens is 1. The Bertz CT molecular complexity index is 396. The molecular weight excluding hydrogens is 311 g/mol. The van der Waals surface area contributed by atoms with Crippen molar-refractivity contribution in [2.45, 2.75) is 12.6 Å². The van der Waals surface area contributed by atoms with Crippen molar-refractivity contribution < 1.29 is 13.2 Å². The van der Waals surface area contributed by atoms with Gasteiger partial charge in [-0.05, 0) is 42.0 Å². The maximum Gasteiger partial charge on any atom is 0.419 e. The fourth-order valence-electron chi connectivity index (χ4n) is 1.54. The largest absolute Gasteiger partial charge is 0.419 e.